The van der Waals surface area contributed by atoms with Crippen LogP contribution >= 0.6 is 23.5 Å². The number of amides is 2. The van der Waals surface area contributed by atoms with Crippen LogP contribution in [0.15, 0.2) is 28.5 Å². The molecule has 4 atom stereocenters. The van der Waals surface area contributed by atoms with Crippen LogP contribution in [0, 0.1) is 5.41 Å². The molecule has 0 saturated carbocycles. The Balaban J connectivity index is 1.47. The number of tetrazole rings is 1. The maximum atomic E-state index is 13.1. The smallest absolute Gasteiger partial charge is 0.313 e. The predicted octanol–water partition coefficient (Wildman–Crippen LogP) is -0.0407. The number of β-lactam (4-membered cyclic amide) rings is 1. The second kappa shape index (κ2) is 10.7. The zero-order chi connectivity index (χ0) is 25.9. The summed E-state index contributed by atoms with van der Waals surface area (Å²) in [5.74, 6) is -1.61. The van der Waals surface area contributed by atoms with Gasteiger partial charge in [0.2, 0.25) is 11.1 Å². The van der Waals surface area contributed by atoms with Crippen LogP contribution in [-0.4, -0.2) is 94.7 Å². The highest BCUT2D eigenvalue weighted by Gasteiger charge is 2.59. The molecule has 0 radical (unpaired) electrons. The third kappa shape index (κ3) is 4.95. The Morgan fingerprint density at radius 3 is 2.97 bits per heavy atom. The van der Waals surface area contributed by atoms with Gasteiger partial charge in [-0.2, -0.15) is 5.21 Å². The van der Waals surface area contributed by atoms with Gasteiger partial charge in [0.05, 0.1) is 0 Å². The van der Waals surface area contributed by atoms with Crippen molar-refractivity contribution in [2.24, 2.45) is 10.6 Å². The summed E-state index contributed by atoms with van der Waals surface area (Å²) in [6.07, 6.45) is 0.687. The minimum absolute atomic E-state index is 0.00540. The minimum atomic E-state index is -1.23. The second-order valence-electron chi connectivity index (χ2n) is 8.26. The number of nitrogens with two attached hydrogens (primary N) is 1. The third-order valence-electron chi connectivity index (χ3n) is 5.88. The van der Waals surface area contributed by atoms with Gasteiger partial charge in [0.15, 0.2) is 5.71 Å². The molecule has 16 heteroatoms. The molecule has 14 nitrogen and oxygen atoms in total. The first-order valence-electron chi connectivity index (χ1n) is 11.1. The van der Waals surface area contributed by atoms with Crippen LogP contribution in [0.3, 0.4) is 0 Å². The van der Waals surface area contributed by atoms with Crippen molar-refractivity contribution in [1.29, 1.82) is 0 Å². The molecule has 2 aromatic rings. The van der Waals surface area contributed by atoms with Crippen molar-refractivity contribution >= 4 is 52.8 Å². The monoisotopic (exact) mass is 535 g/mol. The summed E-state index contributed by atoms with van der Waals surface area (Å²) in [6.45, 7) is 3.95. The van der Waals surface area contributed by atoms with Crippen LogP contribution in [0.25, 0.3) is 0 Å². The summed E-state index contributed by atoms with van der Waals surface area (Å²) in [5, 5.41) is 29.8. The van der Waals surface area contributed by atoms with Gasteiger partial charge in [-0.25, -0.2) is 4.98 Å². The standard InChI is InChI=1S/C20H25N9O5S2/c1-3-7-34-26-13(11-5-4-6-12(21)22-11)15(30)23-14-16(31)29-8-20(18(32)33,9-35-17(14)29)10(2)36-19-24-27-28-25-19/h4-6,10,14,17H,3,7-9H2,1-2H3,(H2,21,22)(H,23,30)(H,32,33)(H,24,25,27,28)/t10?,14?,17-,20?/m1/s1. The van der Waals surface area contributed by atoms with Crippen LogP contribution < -0.4 is 11.1 Å². The highest BCUT2D eigenvalue weighted by Crippen LogP contribution is 2.47. The number of carboxylic acid groups (broad SMARTS) is 1. The summed E-state index contributed by atoms with van der Waals surface area (Å²) in [5.41, 5.74) is 4.62. The molecule has 2 saturated heterocycles. The number of aliphatic carboxylic acids is 1. The van der Waals surface area contributed by atoms with Crippen molar-refractivity contribution in [3.05, 3.63) is 23.9 Å². The van der Waals surface area contributed by atoms with Crippen LogP contribution in [0.5, 0.6) is 0 Å². The first-order chi connectivity index (χ1) is 17.3. The number of hydrogen-bond donors (Lipinski definition) is 4. The molecule has 36 heavy (non-hydrogen) atoms. The van der Waals surface area contributed by atoms with Crippen molar-refractivity contribution in [3.8, 4) is 0 Å². The van der Waals surface area contributed by atoms with Gasteiger partial charge in [0.25, 0.3) is 5.91 Å². The third-order valence-corrected chi connectivity index (χ3v) is 8.62. The predicted molar refractivity (Wildman–Crippen MR) is 131 cm³/mol. The Labute approximate surface area is 214 Å². The fourth-order valence-corrected chi connectivity index (χ4v) is 6.57. The Morgan fingerprint density at radius 2 is 2.31 bits per heavy atom. The number of oxime groups is 1. The molecule has 0 spiro atoms. The molecular weight excluding hydrogens is 510 g/mol. The van der Waals surface area contributed by atoms with E-state index in [-0.39, 0.29) is 35.4 Å². The van der Waals surface area contributed by atoms with Crippen molar-refractivity contribution in [1.82, 2.24) is 35.8 Å². The van der Waals surface area contributed by atoms with E-state index in [9.17, 15) is 19.5 Å². The molecule has 0 bridgehead atoms. The van der Waals surface area contributed by atoms with Gasteiger partial charge in [-0.05, 0) is 23.8 Å². The molecule has 2 aliphatic rings. The maximum Gasteiger partial charge on any atom is 0.313 e. The fraction of sp³-hybridized carbons (Fsp3) is 0.500. The first-order valence-corrected chi connectivity index (χ1v) is 13.0. The van der Waals surface area contributed by atoms with E-state index in [1.165, 1.54) is 28.4 Å². The largest absolute Gasteiger partial charge is 0.481 e. The Morgan fingerprint density at radius 1 is 1.50 bits per heavy atom. The Bertz CT molecular complexity index is 1160. The molecule has 5 N–H and O–H groups in total. The molecule has 3 unspecified atom stereocenters. The second-order valence-corrected chi connectivity index (χ2v) is 10.7. The van der Waals surface area contributed by atoms with Crippen LogP contribution in [0.2, 0.25) is 0 Å². The first kappa shape index (κ1) is 25.7. The van der Waals surface area contributed by atoms with Crippen molar-refractivity contribution in [2.75, 3.05) is 24.6 Å². The molecular formula is C20H25N9O5S2. The minimum Gasteiger partial charge on any atom is -0.481 e. The SMILES string of the molecule is CCCON=C(C(=O)NC1C(=O)N2CC(C(=O)O)(C(C)Sc3nn[nH]n3)CS[C@H]12)c1cccc(N)n1. The molecule has 4 heterocycles. The van der Waals surface area contributed by atoms with Gasteiger partial charge < -0.3 is 25.9 Å². The van der Waals surface area contributed by atoms with E-state index in [1.54, 1.807) is 25.1 Å². The number of carbonyl (C=O) groups excluding carboxylic acids is 2. The quantitative estimate of drug-likeness (QED) is 0.104. The average molecular weight is 536 g/mol. The number of aromatic nitrogens is 5. The highest BCUT2D eigenvalue weighted by molar-refractivity contribution is 8.01. The van der Waals surface area contributed by atoms with E-state index in [0.717, 1.165) is 0 Å². The number of pyridine rings is 1. The van der Waals surface area contributed by atoms with E-state index in [4.69, 9.17) is 10.6 Å². The number of hydrogen-bond acceptors (Lipinski definition) is 12. The zero-order valence-corrected chi connectivity index (χ0v) is 21.1. The molecule has 2 aromatic heterocycles. The number of rotatable bonds is 10. The number of fused-ring (bicyclic) bond motifs is 1. The lowest BCUT2D eigenvalue weighted by molar-refractivity contribution is -0.158. The van der Waals surface area contributed by atoms with Crippen LogP contribution in [0.1, 0.15) is 26.0 Å². The number of anilines is 1. The lowest BCUT2D eigenvalue weighted by atomic mass is 9.84. The highest BCUT2D eigenvalue weighted by atomic mass is 32.2. The van der Waals surface area contributed by atoms with Crippen molar-refractivity contribution in [3.63, 3.8) is 0 Å². The van der Waals surface area contributed by atoms with E-state index < -0.39 is 34.0 Å². The lowest BCUT2D eigenvalue weighted by Gasteiger charge is -2.54. The molecule has 4 rings (SSSR count). The van der Waals surface area contributed by atoms with Crippen molar-refractivity contribution in [2.45, 2.75) is 42.1 Å². The van der Waals surface area contributed by atoms with Crippen molar-refractivity contribution < 1.29 is 24.3 Å². The summed E-state index contributed by atoms with van der Waals surface area (Å²) >= 11 is 2.47. The number of thioether (sulfide) groups is 2. The number of nitrogens with one attached hydrogen (secondary N) is 2. The Hall–Kier alpha value is -3.40. The van der Waals surface area contributed by atoms with Crippen LogP contribution in [0.4, 0.5) is 5.82 Å². The molecule has 2 amide bonds. The summed E-state index contributed by atoms with van der Waals surface area (Å²) < 4.78 is 0. The average Bonchev–Trinajstić information content (AvgIpc) is 3.37. The topological polar surface area (TPSA) is 202 Å². The number of nitrogens with zero attached hydrogens (tertiary/aromatic N) is 6. The van der Waals surface area contributed by atoms with Gasteiger partial charge in [-0.1, -0.05) is 36.8 Å². The van der Waals surface area contributed by atoms with E-state index >= 15 is 0 Å². The number of carbonyl (C=O) groups is 3. The van der Waals surface area contributed by atoms with Gasteiger partial charge in [0, 0.05) is 17.5 Å². The number of H-pyrrole nitrogens is 1. The van der Waals surface area contributed by atoms with Gasteiger partial charge in [-0.3, -0.25) is 14.4 Å². The molecule has 0 aliphatic carbocycles. The van der Waals surface area contributed by atoms with Gasteiger partial charge >= 0.3 is 5.97 Å². The normalized spacial score (nSPS) is 24.4. The van der Waals surface area contributed by atoms with Crippen LogP contribution in [-0.2, 0) is 19.2 Å². The fourth-order valence-electron chi connectivity index (χ4n) is 3.82. The molecule has 2 aliphatic heterocycles. The summed E-state index contributed by atoms with van der Waals surface area (Å²) in [7, 11) is 0. The van der Waals surface area contributed by atoms with Gasteiger partial charge in [-0.15, -0.1) is 22.0 Å². The number of nitrogen functional groups attached to an aromatic ring is 1. The molecule has 2 fully saturated rings. The zero-order valence-electron chi connectivity index (χ0n) is 19.4. The van der Waals surface area contributed by atoms with E-state index in [1.807, 2.05) is 6.92 Å². The lowest BCUT2D eigenvalue weighted by Crippen LogP contribution is -2.74. The maximum absolute atomic E-state index is 13.1. The van der Waals surface area contributed by atoms with Gasteiger partial charge in [0.1, 0.15) is 34.9 Å². The number of carboxylic acids is 1. The van der Waals surface area contributed by atoms with E-state index in [0.29, 0.717) is 18.2 Å². The Kier molecular flexibility index (Phi) is 7.63. The van der Waals surface area contributed by atoms with E-state index in [2.05, 4.69) is 36.1 Å². The molecule has 192 valence electrons. The summed E-state index contributed by atoms with van der Waals surface area (Å²) in [4.78, 5) is 49.3. The summed E-state index contributed by atoms with van der Waals surface area (Å²) in [6, 6.07) is 3.93. The molecule has 0 aromatic carbocycles. The number of aromatic amines is 1.